The van der Waals surface area contributed by atoms with Crippen LogP contribution in [0.5, 0.6) is 0 Å². The highest BCUT2D eigenvalue weighted by Gasteiger charge is 2.42. The molecule has 0 saturated carbocycles. The zero-order valence-electron chi connectivity index (χ0n) is 27.0. The molecule has 0 amide bonds. The van der Waals surface area contributed by atoms with Gasteiger partial charge >= 0.3 is 0 Å². The molecule has 5 heteroatoms. The lowest BCUT2D eigenvalue weighted by Gasteiger charge is -2.38. The van der Waals surface area contributed by atoms with Crippen LogP contribution in [0.1, 0.15) is 76.3 Å². The van der Waals surface area contributed by atoms with Crippen molar-refractivity contribution in [1.29, 1.82) is 0 Å². The van der Waals surface area contributed by atoms with E-state index in [1.54, 1.807) is 0 Å². The lowest BCUT2D eigenvalue weighted by molar-refractivity contribution is -0.696. The molecule has 0 fully saturated rings. The van der Waals surface area contributed by atoms with Gasteiger partial charge in [0.2, 0.25) is 0 Å². The van der Waals surface area contributed by atoms with Crippen LogP contribution in [0.3, 0.4) is 0 Å². The molecule has 0 saturated heterocycles. The van der Waals surface area contributed by atoms with Gasteiger partial charge in [0.25, 0.3) is 5.65 Å². The van der Waals surface area contributed by atoms with Gasteiger partial charge < -0.3 is 9.84 Å². The highest BCUT2D eigenvalue weighted by atomic mass is 32.1. The van der Waals surface area contributed by atoms with Crippen molar-refractivity contribution in [3.63, 3.8) is 0 Å². The molecule has 3 unspecified atom stereocenters. The van der Waals surface area contributed by atoms with Crippen LogP contribution in [0.2, 0.25) is 0 Å². The van der Waals surface area contributed by atoms with Crippen molar-refractivity contribution in [3.05, 3.63) is 83.7 Å². The maximum Gasteiger partial charge on any atom is 0.295 e. The first kappa shape index (κ1) is 29.3. The van der Waals surface area contributed by atoms with Crippen molar-refractivity contribution in [3.8, 4) is 0 Å². The van der Waals surface area contributed by atoms with Crippen molar-refractivity contribution < 1.29 is 14.4 Å². The van der Waals surface area contributed by atoms with Gasteiger partial charge in [-0.05, 0) is 71.2 Å². The summed E-state index contributed by atoms with van der Waals surface area (Å²) in [6.45, 7) is 19.4. The highest BCUT2D eigenvalue weighted by molar-refractivity contribution is 7.19. The van der Waals surface area contributed by atoms with E-state index < -0.39 is 0 Å². The summed E-state index contributed by atoms with van der Waals surface area (Å²) >= 11 is 1.84. The van der Waals surface area contributed by atoms with E-state index in [-0.39, 0.29) is 23.1 Å². The minimum absolute atomic E-state index is 0.0222. The van der Waals surface area contributed by atoms with Gasteiger partial charge in [0, 0.05) is 38.3 Å². The molecular weight excluding hydrogens is 561 g/mol. The minimum Gasteiger partial charge on any atom is -0.508 e. The SMILES string of the molecule is C=C(O)C1C(CCOCC(C)(C)[C@H](CC)C(C)CC)c2c3ccccc3cc3c4ccc5sc(C)cc5c4n4cc[n+]1c4c23. The number of rotatable bonds is 10. The van der Waals surface area contributed by atoms with Gasteiger partial charge in [-0.25, -0.2) is 4.57 Å². The number of hydrogen-bond donors (Lipinski definition) is 1. The minimum atomic E-state index is -0.275. The Morgan fingerprint density at radius 1 is 1.07 bits per heavy atom. The molecule has 7 rings (SSSR count). The topological polar surface area (TPSA) is 37.8 Å². The van der Waals surface area contributed by atoms with Crippen LogP contribution in [0, 0.1) is 24.2 Å². The fraction of sp³-hybridized carbons (Fsp3) is 0.410. The summed E-state index contributed by atoms with van der Waals surface area (Å²) in [7, 11) is 0. The van der Waals surface area contributed by atoms with E-state index in [1.807, 2.05) is 11.3 Å². The molecule has 1 N–H and O–H groups in total. The zero-order valence-corrected chi connectivity index (χ0v) is 27.8. The number of hydrogen-bond acceptors (Lipinski definition) is 3. The number of thiophene rings is 1. The van der Waals surface area contributed by atoms with Crippen LogP contribution in [0.15, 0.2) is 73.3 Å². The number of aliphatic hydroxyl groups excluding tert-OH is 1. The molecule has 1 aliphatic heterocycles. The first-order valence-corrected chi connectivity index (χ1v) is 17.2. The van der Waals surface area contributed by atoms with Crippen LogP contribution in [0.25, 0.3) is 48.2 Å². The monoisotopic (exact) mass is 605 g/mol. The summed E-state index contributed by atoms with van der Waals surface area (Å²) in [5, 5.41) is 18.9. The number of fused-ring (bicyclic) bond motifs is 7. The van der Waals surface area contributed by atoms with E-state index >= 15 is 0 Å². The van der Waals surface area contributed by atoms with Gasteiger partial charge in [-0.15, -0.1) is 11.3 Å². The quantitative estimate of drug-likeness (QED) is 0.0555. The van der Waals surface area contributed by atoms with Crippen LogP contribution in [-0.4, -0.2) is 22.7 Å². The third-order valence-electron chi connectivity index (χ3n) is 10.7. The Morgan fingerprint density at radius 3 is 2.61 bits per heavy atom. The Kier molecular flexibility index (Phi) is 7.25. The van der Waals surface area contributed by atoms with Gasteiger partial charge in [-0.2, -0.15) is 4.40 Å². The molecule has 0 aliphatic carbocycles. The van der Waals surface area contributed by atoms with Crippen molar-refractivity contribution >= 4 is 59.5 Å². The third kappa shape index (κ3) is 4.38. The molecule has 3 aromatic heterocycles. The predicted octanol–water partition coefficient (Wildman–Crippen LogP) is 10.4. The van der Waals surface area contributed by atoms with E-state index in [0.717, 1.165) is 25.1 Å². The van der Waals surface area contributed by atoms with Crippen molar-refractivity contribution in [1.82, 2.24) is 4.40 Å². The summed E-state index contributed by atoms with van der Waals surface area (Å²) in [6, 6.07) is 17.8. The molecule has 1 aliphatic rings. The van der Waals surface area contributed by atoms with E-state index in [4.69, 9.17) is 4.74 Å². The van der Waals surface area contributed by atoms with Crippen LogP contribution < -0.4 is 4.57 Å². The second-order valence-electron chi connectivity index (χ2n) is 13.8. The first-order valence-electron chi connectivity index (χ1n) is 16.3. The molecule has 4 atom stereocenters. The second kappa shape index (κ2) is 10.9. The standard InChI is InChI=1S/C39H44N2O2S/c1-8-23(3)32(9-2)39(6,7)22-43-19-16-29-34-27-13-11-10-12-26(27)21-30-28-14-15-33-31(20-24(4)44-33)37(28)41-18-17-40(36(29)25(5)42)38(41)35(30)34/h10-15,17-18,20-21,23,29,32,36H,5,8-9,16,19,22H2,1-4,6-7H3/p+1/t23?,29?,32-,36?/m1/s1. The number of allylic oxidation sites excluding steroid dienone is 1. The smallest absolute Gasteiger partial charge is 0.295 e. The molecule has 3 aromatic carbocycles. The predicted molar refractivity (Wildman–Crippen MR) is 186 cm³/mol. The Hall–Kier alpha value is -3.41. The fourth-order valence-electron chi connectivity index (χ4n) is 8.68. The molecule has 44 heavy (non-hydrogen) atoms. The fourth-order valence-corrected chi connectivity index (χ4v) is 9.61. The molecule has 4 heterocycles. The van der Waals surface area contributed by atoms with Gasteiger partial charge in [0.15, 0.2) is 6.04 Å². The molecule has 4 nitrogen and oxygen atoms in total. The Labute approximate surface area is 264 Å². The molecule has 0 radical (unpaired) electrons. The molecule has 0 bridgehead atoms. The lowest BCUT2D eigenvalue weighted by Crippen LogP contribution is -2.46. The van der Waals surface area contributed by atoms with Crippen LogP contribution in [0.4, 0.5) is 0 Å². The number of pyridine rings is 1. The summed E-state index contributed by atoms with van der Waals surface area (Å²) in [6.07, 6.45) is 7.48. The van der Waals surface area contributed by atoms with Crippen molar-refractivity contribution in [2.75, 3.05) is 13.2 Å². The third-order valence-corrected chi connectivity index (χ3v) is 11.7. The van der Waals surface area contributed by atoms with Crippen LogP contribution >= 0.6 is 11.3 Å². The average molecular weight is 606 g/mol. The first-order chi connectivity index (χ1) is 21.2. The number of ether oxygens (including phenoxy) is 1. The second-order valence-corrected chi connectivity index (χ2v) is 15.1. The van der Waals surface area contributed by atoms with E-state index in [9.17, 15) is 5.11 Å². The lowest BCUT2D eigenvalue weighted by atomic mass is 9.70. The van der Waals surface area contributed by atoms with Gasteiger partial charge in [-0.3, -0.25) is 0 Å². The normalized spacial score (nSPS) is 18.3. The summed E-state index contributed by atoms with van der Waals surface area (Å²) in [4.78, 5) is 1.31. The van der Waals surface area contributed by atoms with Crippen molar-refractivity contribution in [2.24, 2.45) is 17.3 Å². The largest absolute Gasteiger partial charge is 0.508 e. The molecule has 0 spiro atoms. The van der Waals surface area contributed by atoms with Gasteiger partial charge in [0.1, 0.15) is 23.7 Å². The maximum absolute atomic E-state index is 11.3. The summed E-state index contributed by atoms with van der Waals surface area (Å²) < 4.78 is 12.5. The Bertz CT molecular complexity index is 2070. The average Bonchev–Trinajstić information content (AvgIpc) is 3.61. The zero-order chi connectivity index (χ0) is 30.9. The number of benzene rings is 3. The van der Waals surface area contributed by atoms with E-state index in [0.29, 0.717) is 18.4 Å². The van der Waals surface area contributed by atoms with Gasteiger partial charge in [-0.1, -0.05) is 78.3 Å². The number of imidazole rings is 1. The Morgan fingerprint density at radius 2 is 1.86 bits per heavy atom. The maximum atomic E-state index is 11.3. The summed E-state index contributed by atoms with van der Waals surface area (Å²) in [5.74, 6) is 1.51. The molecular formula is C39H45N2O2S+. The number of aryl methyl sites for hydroxylation is 1. The number of aromatic nitrogens is 2. The number of aliphatic hydroxyl groups is 1. The molecule has 6 aromatic rings. The number of nitrogens with zero attached hydrogens (tertiary/aromatic N) is 2. The molecule has 228 valence electrons. The Balaban J connectivity index is 1.40. The van der Waals surface area contributed by atoms with Crippen LogP contribution in [-0.2, 0) is 4.74 Å². The van der Waals surface area contributed by atoms with Gasteiger partial charge in [0.05, 0.1) is 12.0 Å². The van der Waals surface area contributed by atoms with E-state index in [1.165, 1.54) is 59.4 Å². The van der Waals surface area contributed by atoms with Crippen molar-refractivity contribution in [2.45, 2.75) is 72.8 Å². The summed E-state index contributed by atoms with van der Waals surface area (Å²) in [5.41, 5.74) is 3.76. The van der Waals surface area contributed by atoms with E-state index in [2.05, 4.69) is 118 Å². The highest BCUT2D eigenvalue weighted by Crippen LogP contribution is 2.48.